The summed E-state index contributed by atoms with van der Waals surface area (Å²) in [6, 6.07) is 0. The molecule has 6 heteroatoms. The molecule has 0 amide bonds. The van der Waals surface area contributed by atoms with E-state index in [1.54, 1.807) is 0 Å². The molecule has 1 aliphatic rings. The lowest BCUT2D eigenvalue weighted by molar-refractivity contribution is 0.0241. The summed E-state index contributed by atoms with van der Waals surface area (Å²) in [5, 5.41) is 0. The van der Waals surface area contributed by atoms with Gasteiger partial charge < -0.3 is 4.74 Å². The van der Waals surface area contributed by atoms with E-state index in [1.165, 1.54) is 0 Å². The molecule has 0 aliphatic carbocycles. The Morgan fingerprint density at radius 2 is 2.25 bits per heavy atom. The normalized spacial score (nSPS) is 28.1. The molecule has 1 unspecified atom stereocenters. The van der Waals surface area contributed by atoms with E-state index in [2.05, 4.69) is 8.37 Å². The Labute approximate surface area is 71.9 Å². The summed E-state index contributed by atoms with van der Waals surface area (Å²) >= 11 is 0. The third kappa shape index (κ3) is 3.06. The first kappa shape index (κ1) is 9.91. The Kier molecular flexibility index (Phi) is 3.05. The van der Waals surface area contributed by atoms with Crippen LogP contribution in [0.2, 0.25) is 0 Å². The van der Waals surface area contributed by atoms with E-state index in [0.29, 0.717) is 0 Å². The first-order valence-electron chi connectivity index (χ1n) is 3.69. The van der Waals surface area contributed by atoms with Gasteiger partial charge >= 0.3 is 10.4 Å². The lowest BCUT2D eigenvalue weighted by Gasteiger charge is -2.09. The molecule has 0 saturated carbocycles. The van der Waals surface area contributed by atoms with Crippen LogP contribution in [0.3, 0.4) is 0 Å². The average Bonchev–Trinajstić information content (AvgIpc) is 2.26. The van der Waals surface area contributed by atoms with Crippen LogP contribution in [0.4, 0.5) is 0 Å². The van der Waals surface area contributed by atoms with Gasteiger partial charge in [0, 0.05) is 0 Å². The van der Waals surface area contributed by atoms with Gasteiger partial charge in [-0.1, -0.05) is 0 Å². The van der Waals surface area contributed by atoms with Crippen LogP contribution in [0.15, 0.2) is 0 Å². The fourth-order valence-corrected chi connectivity index (χ4v) is 1.58. The van der Waals surface area contributed by atoms with Crippen molar-refractivity contribution in [2.45, 2.75) is 26.1 Å². The molecule has 1 heterocycles. The molecule has 12 heavy (non-hydrogen) atoms. The van der Waals surface area contributed by atoms with Crippen LogP contribution in [-0.4, -0.2) is 33.8 Å². The summed E-state index contributed by atoms with van der Waals surface area (Å²) in [4.78, 5) is 0. The first-order chi connectivity index (χ1) is 5.49. The van der Waals surface area contributed by atoms with E-state index in [1.807, 2.05) is 13.8 Å². The highest BCUT2D eigenvalue weighted by molar-refractivity contribution is 7.82. The average molecular weight is 196 g/mol. The van der Waals surface area contributed by atoms with Gasteiger partial charge in [-0.15, -0.1) is 0 Å². The lowest BCUT2D eigenvalue weighted by Crippen LogP contribution is -2.20. The van der Waals surface area contributed by atoms with Gasteiger partial charge in [0.1, 0.15) is 6.10 Å². The summed E-state index contributed by atoms with van der Waals surface area (Å²) in [5.74, 6) is 0. The van der Waals surface area contributed by atoms with Crippen LogP contribution < -0.4 is 0 Å². The number of ether oxygens (including phenoxy) is 1. The molecule has 0 aromatic carbocycles. The molecule has 1 rings (SSSR count). The van der Waals surface area contributed by atoms with E-state index in [-0.39, 0.29) is 19.3 Å². The second kappa shape index (κ2) is 3.69. The lowest BCUT2D eigenvalue weighted by atomic mass is 10.4. The predicted octanol–water partition coefficient (Wildman–Crippen LogP) is 0.0716. The highest BCUT2D eigenvalue weighted by Gasteiger charge is 2.30. The Morgan fingerprint density at radius 1 is 1.58 bits per heavy atom. The Bertz CT molecular complexity index is 232. The zero-order valence-electron chi connectivity index (χ0n) is 7.02. The van der Waals surface area contributed by atoms with Gasteiger partial charge in [0.05, 0.1) is 19.3 Å². The molecule has 1 saturated heterocycles. The molecule has 0 bridgehead atoms. The molecule has 0 aromatic heterocycles. The van der Waals surface area contributed by atoms with Crippen LogP contribution >= 0.6 is 0 Å². The summed E-state index contributed by atoms with van der Waals surface area (Å²) in [7, 11) is -3.72. The number of hydrogen-bond acceptors (Lipinski definition) is 5. The third-order valence-corrected chi connectivity index (χ3v) is 2.20. The van der Waals surface area contributed by atoms with Crippen molar-refractivity contribution in [2.75, 3.05) is 13.2 Å². The molecular formula is C6H12O5S. The Balaban J connectivity index is 2.29. The zero-order chi connectivity index (χ0) is 9.19. The van der Waals surface area contributed by atoms with Crippen molar-refractivity contribution in [3.05, 3.63) is 0 Å². The maximum absolute atomic E-state index is 10.6. The minimum atomic E-state index is -3.72. The third-order valence-electron chi connectivity index (χ3n) is 1.27. The molecule has 0 spiro atoms. The van der Waals surface area contributed by atoms with Crippen LogP contribution in [-0.2, 0) is 23.5 Å². The summed E-state index contributed by atoms with van der Waals surface area (Å²) in [6.45, 7) is 4.03. The molecule has 1 atom stereocenters. The molecule has 0 aromatic rings. The van der Waals surface area contributed by atoms with Gasteiger partial charge in [-0.3, -0.25) is 0 Å². The van der Waals surface area contributed by atoms with Gasteiger partial charge in [0.15, 0.2) is 0 Å². The van der Waals surface area contributed by atoms with Crippen molar-refractivity contribution < 1.29 is 21.5 Å². The minimum Gasteiger partial charge on any atom is -0.376 e. The molecule has 72 valence electrons. The van der Waals surface area contributed by atoms with E-state index >= 15 is 0 Å². The Morgan fingerprint density at radius 3 is 2.67 bits per heavy atom. The standard InChI is InChI=1S/C6H12O5S/c1-5(2)9-3-6-4-10-12(7,8)11-6/h5-6H,3-4H2,1-2H3. The Hall–Kier alpha value is -0.170. The van der Waals surface area contributed by atoms with Crippen molar-refractivity contribution in [1.82, 2.24) is 0 Å². The van der Waals surface area contributed by atoms with Gasteiger partial charge in [-0.2, -0.15) is 8.42 Å². The zero-order valence-corrected chi connectivity index (χ0v) is 7.83. The smallest absolute Gasteiger partial charge is 0.376 e. The highest BCUT2D eigenvalue weighted by Crippen LogP contribution is 2.13. The minimum absolute atomic E-state index is 0.0506. The topological polar surface area (TPSA) is 61.8 Å². The van der Waals surface area contributed by atoms with Crippen LogP contribution in [0.5, 0.6) is 0 Å². The van der Waals surface area contributed by atoms with Gasteiger partial charge in [0.25, 0.3) is 0 Å². The van der Waals surface area contributed by atoms with Gasteiger partial charge in [0.2, 0.25) is 0 Å². The molecule has 1 aliphatic heterocycles. The first-order valence-corrected chi connectivity index (χ1v) is 5.02. The molecule has 0 N–H and O–H groups in total. The van der Waals surface area contributed by atoms with Crippen molar-refractivity contribution in [1.29, 1.82) is 0 Å². The van der Waals surface area contributed by atoms with Crippen LogP contribution in [0.1, 0.15) is 13.8 Å². The summed E-state index contributed by atoms with van der Waals surface area (Å²) < 4.78 is 35.2. The maximum atomic E-state index is 10.6. The second-order valence-electron chi connectivity index (χ2n) is 2.79. The van der Waals surface area contributed by atoms with Crippen molar-refractivity contribution in [3.63, 3.8) is 0 Å². The summed E-state index contributed by atoms with van der Waals surface area (Å²) in [6.07, 6.45) is -0.422. The molecule has 1 fully saturated rings. The predicted molar refractivity (Wildman–Crippen MR) is 40.8 cm³/mol. The van der Waals surface area contributed by atoms with E-state index in [9.17, 15) is 8.42 Å². The molecule has 5 nitrogen and oxygen atoms in total. The van der Waals surface area contributed by atoms with Gasteiger partial charge in [-0.05, 0) is 13.8 Å². The second-order valence-corrected chi connectivity index (χ2v) is 4.04. The SMILES string of the molecule is CC(C)OCC1COS(=O)(=O)O1. The number of hydrogen-bond donors (Lipinski definition) is 0. The van der Waals surface area contributed by atoms with Crippen molar-refractivity contribution >= 4 is 10.4 Å². The largest absolute Gasteiger partial charge is 0.400 e. The molecular weight excluding hydrogens is 184 g/mol. The monoisotopic (exact) mass is 196 g/mol. The molecule has 0 radical (unpaired) electrons. The summed E-state index contributed by atoms with van der Waals surface area (Å²) in [5.41, 5.74) is 0. The van der Waals surface area contributed by atoms with Crippen molar-refractivity contribution in [2.24, 2.45) is 0 Å². The van der Waals surface area contributed by atoms with E-state index < -0.39 is 16.5 Å². The van der Waals surface area contributed by atoms with Crippen LogP contribution in [0.25, 0.3) is 0 Å². The van der Waals surface area contributed by atoms with Crippen LogP contribution in [0, 0.1) is 0 Å². The fraction of sp³-hybridized carbons (Fsp3) is 1.00. The fourth-order valence-electron chi connectivity index (χ4n) is 0.757. The quantitative estimate of drug-likeness (QED) is 0.639. The van der Waals surface area contributed by atoms with Crippen molar-refractivity contribution in [3.8, 4) is 0 Å². The van der Waals surface area contributed by atoms with E-state index in [0.717, 1.165) is 0 Å². The van der Waals surface area contributed by atoms with E-state index in [4.69, 9.17) is 4.74 Å². The maximum Gasteiger partial charge on any atom is 0.400 e. The van der Waals surface area contributed by atoms with Gasteiger partial charge in [-0.25, -0.2) is 8.37 Å². The number of rotatable bonds is 3. The highest BCUT2D eigenvalue weighted by atomic mass is 32.3.